The number of halogens is 1. The Balaban J connectivity index is 1.66. The Labute approximate surface area is 116 Å². The molecule has 2 fully saturated rings. The van der Waals surface area contributed by atoms with E-state index in [-0.39, 0.29) is 0 Å². The lowest BCUT2D eigenvalue weighted by Crippen LogP contribution is -2.23. The van der Waals surface area contributed by atoms with Crippen LogP contribution >= 0.6 is 27.7 Å². The number of nitrogens with one attached hydrogen (secondary N) is 1. The van der Waals surface area contributed by atoms with Crippen LogP contribution in [0, 0.1) is 0 Å². The normalized spacial score (nSPS) is 24.2. The predicted octanol–water partition coefficient (Wildman–Crippen LogP) is 4.00. The molecular formula is C14H18BrNS. The van der Waals surface area contributed by atoms with Gasteiger partial charge in [0.2, 0.25) is 0 Å². The number of rotatable bonds is 4. The molecule has 1 aliphatic heterocycles. The Hall–Kier alpha value is 0.01000. The third kappa shape index (κ3) is 3.27. The molecular weight excluding hydrogens is 294 g/mol. The van der Waals surface area contributed by atoms with Crippen molar-refractivity contribution in [1.29, 1.82) is 0 Å². The molecule has 0 aromatic heterocycles. The van der Waals surface area contributed by atoms with Crippen LogP contribution in [0.3, 0.4) is 0 Å². The van der Waals surface area contributed by atoms with Crippen LogP contribution in [-0.4, -0.2) is 17.8 Å². The van der Waals surface area contributed by atoms with Gasteiger partial charge in [-0.2, -0.15) is 0 Å². The zero-order valence-corrected chi connectivity index (χ0v) is 12.3. The van der Waals surface area contributed by atoms with E-state index in [1.54, 1.807) is 0 Å². The summed E-state index contributed by atoms with van der Waals surface area (Å²) in [6, 6.07) is 7.60. The van der Waals surface area contributed by atoms with Gasteiger partial charge in [-0.3, -0.25) is 0 Å². The van der Waals surface area contributed by atoms with Crippen molar-refractivity contribution in [3.8, 4) is 0 Å². The number of hydrogen-bond donors (Lipinski definition) is 1. The zero-order valence-electron chi connectivity index (χ0n) is 9.92. The van der Waals surface area contributed by atoms with Gasteiger partial charge in [0, 0.05) is 20.7 Å². The monoisotopic (exact) mass is 311 g/mol. The summed E-state index contributed by atoms with van der Waals surface area (Å²) in [5.74, 6) is 0. The standard InChI is InChI=1S/C14H18BrNS/c15-13-9-10(8-11-2-1-7-16-11)3-6-14(13)17-12-4-5-12/h3,6,9,11-12,16H,1-2,4-5,7-8H2. The summed E-state index contributed by atoms with van der Waals surface area (Å²) in [5, 5.41) is 4.44. The van der Waals surface area contributed by atoms with E-state index in [0.29, 0.717) is 6.04 Å². The summed E-state index contributed by atoms with van der Waals surface area (Å²) in [7, 11) is 0. The number of benzene rings is 1. The molecule has 0 amide bonds. The van der Waals surface area contributed by atoms with Crippen molar-refractivity contribution in [3.63, 3.8) is 0 Å². The van der Waals surface area contributed by atoms with Crippen molar-refractivity contribution >= 4 is 27.7 Å². The predicted molar refractivity (Wildman–Crippen MR) is 77.7 cm³/mol. The first-order valence-electron chi connectivity index (χ1n) is 6.50. The van der Waals surface area contributed by atoms with E-state index in [1.165, 1.54) is 53.6 Å². The second-order valence-electron chi connectivity index (χ2n) is 5.08. The second kappa shape index (κ2) is 5.33. The minimum atomic E-state index is 0.698. The van der Waals surface area contributed by atoms with Gasteiger partial charge in [0.25, 0.3) is 0 Å². The van der Waals surface area contributed by atoms with Crippen LogP contribution < -0.4 is 5.32 Å². The smallest absolute Gasteiger partial charge is 0.0314 e. The molecule has 1 atom stereocenters. The van der Waals surface area contributed by atoms with Crippen LogP contribution in [0.5, 0.6) is 0 Å². The highest BCUT2D eigenvalue weighted by Crippen LogP contribution is 2.42. The lowest BCUT2D eigenvalue weighted by atomic mass is 10.1. The summed E-state index contributed by atoms with van der Waals surface area (Å²) in [5.41, 5.74) is 1.46. The van der Waals surface area contributed by atoms with E-state index < -0.39 is 0 Å². The van der Waals surface area contributed by atoms with Gasteiger partial charge >= 0.3 is 0 Å². The van der Waals surface area contributed by atoms with Crippen molar-refractivity contribution in [2.45, 2.75) is 48.3 Å². The maximum absolute atomic E-state index is 3.71. The summed E-state index contributed by atoms with van der Waals surface area (Å²) in [6.07, 6.45) is 6.63. The van der Waals surface area contributed by atoms with Crippen molar-refractivity contribution < 1.29 is 0 Å². The zero-order chi connectivity index (χ0) is 11.7. The minimum Gasteiger partial charge on any atom is -0.314 e. The van der Waals surface area contributed by atoms with Crippen LogP contribution in [0.4, 0.5) is 0 Å². The highest BCUT2D eigenvalue weighted by atomic mass is 79.9. The van der Waals surface area contributed by atoms with E-state index >= 15 is 0 Å². The first kappa shape index (κ1) is 12.1. The molecule has 3 heteroatoms. The van der Waals surface area contributed by atoms with E-state index in [1.807, 2.05) is 11.8 Å². The molecule has 0 radical (unpaired) electrons. The molecule has 1 heterocycles. The largest absolute Gasteiger partial charge is 0.314 e. The van der Waals surface area contributed by atoms with Gasteiger partial charge in [-0.25, -0.2) is 0 Å². The lowest BCUT2D eigenvalue weighted by molar-refractivity contribution is 0.603. The molecule has 1 aliphatic carbocycles. The average molecular weight is 312 g/mol. The van der Waals surface area contributed by atoms with Crippen LogP contribution in [0.25, 0.3) is 0 Å². The molecule has 17 heavy (non-hydrogen) atoms. The van der Waals surface area contributed by atoms with Gasteiger partial charge in [-0.1, -0.05) is 6.07 Å². The molecule has 1 aromatic rings. The van der Waals surface area contributed by atoms with E-state index in [4.69, 9.17) is 0 Å². The van der Waals surface area contributed by atoms with Gasteiger partial charge in [-0.05, 0) is 72.3 Å². The first-order valence-corrected chi connectivity index (χ1v) is 8.17. The molecule has 1 saturated carbocycles. The Morgan fingerprint density at radius 3 is 2.82 bits per heavy atom. The van der Waals surface area contributed by atoms with Gasteiger partial charge in [0.15, 0.2) is 0 Å². The highest BCUT2D eigenvalue weighted by molar-refractivity contribution is 9.10. The fourth-order valence-corrected chi connectivity index (χ4v) is 4.10. The summed E-state index contributed by atoms with van der Waals surface area (Å²) in [4.78, 5) is 1.41. The van der Waals surface area contributed by atoms with Crippen LogP contribution in [0.2, 0.25) is 0 Å². The minimum absolute atomic E-state index is 0.698. The maximum atomic E-state index is 3.71. The molecule has 3 rings (SSSR count). The summed E-state index contributed by atoms with van der Waals surface area (Å²) >= 11 is 5.74. The maximum Gasteiger partial charge on any atom is 0.0314 e. The van der Waals surface area contributed by atoms with E-state index in [9.17, 15) is 0 Å². The fraction of sp³-hybridized carbons (Fsp3) is 0.571. The quantitative estimate of drug-likeness (QED) is 0.902. The topological polar surface area (TPSA) is 12.0 Å². The first-order chi connectivity index (χ1) is 8.31. The Morgan fingerprint density at radius 2 is 2.18 bits per heavy atom. The molecule has 0 bridgehead atoms. The number of hydrogen-bond acceptors (Lipinski definition) is 2. The molecule has 0 spiro atoms. The van der Waals surface area contributed by atoms with Crippen molar-refractivity contribution in [2.75, 3.05) is 6.54 Å². The van der Waals surface area contributed by atoms with Crippen molar-refractivity contribution in [2.24, 2.45) is 0 Å². The van der Waals surface area contributed by atoms with Gasteiger partial charge < -0.3 is 5.32 Å². The summed E-state index contributed by atoms with van der Waals surface area (Å²) < 4.78 is 1.28. The molecule has 1 unspecified atom stereocenters. The highest BCUT2D eigenvalue weighted by Gasteiger charge is 2.23. The molecule has 1 aromatic carbocycles. The van der Waals surface area contributed by atoms with Gasteiger partial charge in [0.05, 0.1) is 0 Å². The molecule has 2 aliphatic rings. The van der Waals surface area contributed by atoms with Crippen LogP contribution in [-0.2, 0) is 6.42 Å². The molecule has 1 N–H and O–H groups in total. The third-order valence-corrected chi connectivity index (χ3v) is 5.79. The Morgan fingerprint density at radius 1 is 1.29 bits per heavy atom. The summed E-state index contributed by atoms with van der Waals surface area (Å²) in [6.45, 7) is 1.20. The van der Waals surface area contributed by atoms with Crippen LogP contribution in [0.15, 0.2) is 27.6 Å². The van der Waals surface area contributed by atoms with Crippen LogP contribution in [0.1, 0.15) is 31.2 Å². The number of thioether (sulfide) groups is 1. The fourth-order valence-electron chi connectivity index (χ4n) is 2.35. The van der Waals surface area contributed by atoms with E-state index in [2.05, 4.69) is 39.4 Å². The second-order valence-corrected chi connectivity index (χ2v) is 7.28. The average Bonchev–Trinajstić information content (AvgIpc) is 2.98. The lowest BCUT2D eigenvalue weighted by Gasteiger charge is -2.11. The van der Waals surface area contributed by atoms with Gasteiger partial charge in [0.1, 0.15) is 0 Å². The van der Waals surface area contributed by atoms with Gasteiger partial charge in [-0.15, -0.1) is 11.8 Å². The molecule has 1 saturated heterocycles. The van der Waals surface area contributed by atoms with Crippen molar-refractivity contribution in [1.82, 2.24) is 5.32 Å². The molecule has 1 nitrogen and oxygen atoms in total. The Kier molecular flexibility index (Phi) is 3.78. The van der Waals surface area contributed by atoms with Crippen molar-refractivity contribution in [3.05, 3.63) is 28.2 Å². The van der Waals surface area contributed by atoms with E-state index in [0.717, 1.165) is 5.25 Å². The molecule has 92 valence electrons. The SMILES string of the molecule is Brc1cc(CC2CCCN2)ccc1SC1CC1. The Bertz CT molecular complexity index is 397. The third-order valence-electron chi connectivity index (χ3n) is 3.46.